The van der Waals surface area contributed by atoms with Crippen molar-refractivity contribution in [1.82, 2.24) is 4.98 Å². The minimum atomic E-state index is -4.56. The number of pyridine rings is 1. The number of halogens is 3. The monoisotopic (exact) mass is 379 g/mol. The molecule has 140 valence electrons. The molecule has 9 heteroatoms. The number of carbonyl (C=O) groups excluding carboxylic acids is 1. The molecule has 0 bridgehead atoms. The van der Waals surface area contributed by atoms with E-state index >= 15 is 0 Å². The molecule has 2 aromatic heterocycles. The van der Waals surface area contributed by atoms with E-state index in [9.17, 15) is 27.9 Å². The molecule has 1 aromatic carbocycles. The van der Waals surface area contributed by atoms with Gasteiger partial charge in [0, 0.05) is 28.8 Å². The number of aryl methyl sites for hydroxylation is 1. The van der Waals surface area contributed by atoms with Crippen LogP contribution < -0.4 is 5.63 Å². The second-order valence-corrected chi connectivity index (χ2v) is 5.68. The number of alkyl halides is 3. The zero-order chi connectivity index (χ0) is 19.8. The van der Waals surface area contributed by atoms with Gasteiger partial charge in [-0.2, -0.15) is 13.2 Å². The highest BCUT2D eigenvalue weighted by atomic mass is 19.4. The van der Waals surface area contributed by atoms with Crippen LogP contribution in [-0.4, -0.2) is 16.1 Å². The average Bonchev–Trinajstić information content (AvgIpc) is 2.62. The van der Waals surface area contributed by atoms with Gasteiger partial charge in [0.05, 0.1) is 5.56 Å². The van der Waals surface area contributed by atoms with Crippen molar-refractivity contribution in [2.75, 3.05) is 0 Å². The number of fused-ring (bicyclic) bond motifs is 1. The average molecular weight is 379 g/mol. The summed E-state index contributed by atoms with van der Waals surface area (Å²) in [6, 6.07) is 5.67. The molecular weight excluding hydrogens is 367 g/mol. The lowest BCUT2D eigenvalue weighted by Crippen LogP contribution is -2.11. The molecule has 0 radical (unpaired) electrons. The molecule has 0 saturated heterocycles. The van der Waals surface area contributed by atoms with E-state index in [1.54, 1.807) is 6.92 Å². The minimum Gasteiger partial charge on any atom is -0.508 e. The van der Waals surface area contributed by atoms with E-state index in [0.29, 0.717) is 22.7 Å². The normalized spacial score (nSPS) is 11.6. The number of hydrogen-bond acceptors (Lipinski definition) is 6. The second kappa shape index (κ2) is 6.75. The van der Waals surface area contributed by atoms with E-state index in [1.165, 1.54) is 12.1 Å². The van der Waals surface area contributed by atoms with Gasteiger partial charge in [0.1, 0.15) is 23.6 Å². The quantitative estimate of drug-likeness (QED) is 0.553. The molecule has 0 atom stereocenters. The predicted molar refractivity (Wildman–Crippen MR) is 87.2 cm³/mol. The van der Waals surface area contributed by atoms with E-state index in [0.717, 1.165) is 18.2 Å². The highest BCUT2D eigenvalue weighted by Crippen LogP contribution is 2.29. The van der Waals surface area contributed by atoms with Crippen LogP contribution in [0.3, 0.4) is 0 Å². The van der Waals surface area contributed by atoms with E-state index in [2.05, 4.69) is 4.98 Å². The van der Waals surface area contributed by atoms with E-state index in [1.807, 2.05) is 0 Å². The van der Waals surface area contributed by atoms with Crippen molar-refractivity contribution in [2.24, 2.45) is 0 Å². The number of phenolic OH excluding ortho intramolecular Hbond substituents is 1. The van der Waals surface area contributed by atoms with Crippen molar-refractivity contribution in [3.63, 3.8) is 0 Å². The number of phenols is 1. The summed E-state index contributed by atoms with van der Waals surface area (Å²) in [6.45, 7) is 1.23. The molecule has 1 N–H and O–H groups in total. The van der Waals surface area contributed by atoms with Gasteiger partial charge in [-0.1, -0.05) is 0 Å². The van der Waals surface area contributed by atoms with Crippen molar-refractivity contribution in [3.8, 4) is 5.75 Å². The summed E-state index contributed by atoms with van der Waals surface area (Å²) in [5.41, 5.74) is -1.16. The Kier molecular flexibility index (Phi) is 4.61. The zero-order valence-electron chi connectivity index (χ0n) is 13.8. The molecule has 0 aliphatic rings. The lowest BCUT2D eigenvalue weighted by Gasteiger charge is -2.09. The Hall–Kier alpha value is -3.36. The van der Waals surface area contributed by atoms with Gasteiger partial charge in [0.15, 0.2) is 0 Å². The van der Waals surface area contributed by atoms with Gasteiger partial charge < -0.3 is 14.3 Å². The molecule has 3 rings (SSSR count). The number of nitrogens with zero attached hydrogens (tertiary/aromatic N) is 1. The Morgan fingerprint density at radius 1 is 1.26 bits per heavy atom. The number of esters is 1. The van der Waals surface area contributed by atoms with Crippen LogP contribution in [0.25, 0.3) is 11.0 Å². The molecule has 2 heterocycles. The second-order valence-electron chi connectivity index (χ2n) is 5.68. The summed E-state index contributed by atoms with van der Waals surface area (Å²) < 4.78 is 47.7. The molecular formula is C18H12F3NO5. The summed E-state index contributed by atoms with van der Waals surface area (Å²) in [4.78, 5) is 27.2. The SMILES string of the molecule is Cc1c(O)ccc2c(COC(=O)c3ccc(C(F)(F)F)cn3)cc(=O)oc12. The predicted octanol–water partition coefficient (Wildman–Crippen LogP) is 3.58. The van der Waals surface area contributed by atoms with Crippen molar-refractivity contribution >= 4 is 16.9 Å². The fraction of sp³-hybridized carbons (Fsp3) is 0.167. The number of benzene rings is 1. The van der Waals surface area contributed by atoms with Crippen LogP contribution in [-0.2, 0) is 17.5 Å². The number of carbonyl (C=O) groups is 1. The molecule has 6 nitrogen and oxygen atoms in total. The molecule has 0 aliphatic carbocycles. The Morgan fingerprint density at radius 3 is 2.63 bits per heavy atom. The lowest BCUT2D eigenvalue weighted by atomic mass is 10.1. The van der Waals surface area contributed by atoms with Crippen LogP contribution in [0.1, 0.15) is 27.2 Å². The molecule has 0 amide bonds. The third-order valence-electron chi connectivity index (χ3n) is 3.88. The third kappa shape index (κ3) is 3.76. The van der Waals surface area contributed by atoms with Crippen LogP contribution >= 0.6 is 0 Å². The van der Waals surface area contributed by atoms with Gasteiger partial charge in [-0.05, 0) is 31.2 Å². The first-order chi connectivity index (χ1) is 12.7. The van der Waals surface area contributed by atoms with Crippen LogP contribution in [0.15, 0.2) is 45.7 Å². The number of hydrogen-bond donors (Lipinski definition) is 1. The summed E-state index contributed by atoms with van der Waals surface area (Å²) in [7, 11) is 0. The van der Waals surface area contributed by atoms with Crippen molar-refractivity contribution in [3.05, 3.63) is 69.3 Å². The summed E-state index contributed by atoms with van der Waals surface area (Å²) in [6.07, 6.45) is -4.02. The number of rotatable bonds is 3. The summed E-state index contributed by atoms with van der Waals surface area (Å²) in [5.74, 6) is -1.01. The molecule has 0 fully saturated rings. The smallest absolute Gasteiger partial charge is 0.417 e. The lowest BCUT2D eigenvalue weighted by molar-refractivity contribution is -0.137. The van der Waals surface area contributed by atoms with Crippen LogP contribution in [0.5, 0.6) is 5.75 Å². The van der Waals surface area contributed by atoms with E-state index in [-0.39, 0.29) is 23.6 Å². The fourth-order valence-electron chi connectivity index (χ4n) is 2.43. The maximum absolute atomic E-state index is 12.5. The Labute approximate surface area is 149 Å². The van der Waals surface area contributed by atoms with Crippen LogP contribution in [0.2, 0.25) is 0 Å². The number of aromatic hydroxyl groups is 1. The molecule has 27 heavy (non-hydrogen) atoms. The highest BCUT2D eigenvalue weighted by molar-refractivity contribution is 5.88. The molecule has 0 aliphatic heterocycles. The Balaban J connectivity index is 1.83. The zero-order valence-corrected chi connectivity index (χ0v) is 13.8. The fourth-order valence-corrected chi connectivity index (χ4v) is 2.43. The Morgan fingerprint density at radius 2 is 2.00 bits per heavy atom. The molecule has 0 spiro atoms. The third-order valence-corrected chi connectivity index (χ3v) is 3.88. The molecule has 0 saturated carbocycles. The van der Waals surface area contributed by atoms with Crippen molar-refractivity contribution in [1.29, 1.82) is 0 Å². The van der Waals surface area contributed by atoms with Gasteiger partial charge in [-0.3, -0.25) is 0 Å². The first-order valence-corrected chi connectivity index (χ1v) is 7.62. The first kappa shape index (κ1) is 18.4. The van der Waals surface area contributed by atoms with Crippen LogP contribution in [0, 0.1) is 6.92 Å². The van der Waals surface area contributed by atoms with Crippen molar-refractivity contribution in [2.45, 2.75) is 19.7 Å². The van der Waals surface area contributed by atoms with Crippen molar-refractivity contribution < 1.29 is 32.2 Å². The standard InChI is InChI=1S/C18H12F3NO5/c1-9-14(23)5-3-12-10(6-15(24)27-16(9)12)8-26-17(25)13-4-2-11(7-22-13)18(19,20)21/h2-7,23H,8H2,1H3. The van der Waals surface area contributed by atoms with Gasteiger partial charge in [-0.25, -0.2) is 14.6 Å². The number of aromatic nitrogens is 1. The van der Waals surface area contributed by atoms with Gasteiger partial charge >= 0.3 is 17.8 Å². The maximum Gasteiger partial charge on any atom is 0.417 e. The maximum atomic E-state index is 12.5. The van der Waals surface area contributed by atoms with Gasteiger partial charge in [0.25, 0.3) is 0 Å². The molecule has 0 unspecified atom stereocenters. The summed E-state index contributed by atoms with van der Waals surface area (Å²) >= 11 is 0. The first-order valence-electron chi connectivity index (χ1n) is 7.62. The van der Waals surface area contributed by atoms with Crippen LogP contribution in [0.4, 0.5) is 13.2 Å². The Bertz CT molecular complexity index is 1070. The topological polar surface area (TPSA) is 89.6 Å². The van der Waals surface area contributed by atoms with E-state index < -0.39 is 23.3 Å². The number of ether oxygens (including phenoxy) is 1. The minimum absolute atomic E-state index is 0.0613. The highest BCUT2D eigenvalue weighted by Gasteiger charge is 2.31. The molecule has 3 aromatic rings. The van der Waals surface area contributed by atoms with E-state index in [4.69, 9.17) is 9.15 Å². The summed E-state index contributed by atoms with van der Waals surface area (Å²) in [5, 5.41) is 10.2. The van der Waals surface area contributed by atoms with Gasteiger partial charge in [0.2, 0.25) is 0 Å². The van der Waals surface area contributed by atoms with Gasteiger partial charge in [-0.15, -0.1) is 0 Å². The largest absolute Gasteiger partial charge is 0.508 e.